The van der Waals surface area contributed by atoms with E-state index in [1.54, 1.807) is 12.1 Å². The fourth-order valence-electron chi connectivity index (χ4n) is 3.37. The molecule has 1 fully saturated rings. The van der Waals surface area contributed by atoms with Crippen LogP contribution in [0.5, 0.6) is 5.75 Å². The normalized spacial score (nSPS) is 15.2. The lowest BCUT2D eigenvalue weighted by Gasteiger charge is -2.26. The second-order valence-electron chi connectivity index (χ2n) is 6.91. The molecule has 0 unspecified atom stereocenters. The number of nitrogens with one attached hydrogen (secondary N) is 1. The molecule has 0 saturated carbocycles. The van der Waals surface area contributed by atoms with Crippen molar-refractivity contribution in [1.29, 1.82) is 0 Å². The lowest BCUT2D eigenvalue weighted by molar-refractivity contribution is 0.0322. The van der Waals surface area contributed by atoms with Crippen LogP contribution in [0.3, 0.4) is 0 Å². The monoisotopic (exact) mass is 392 g/mol. The van der Waals surface area contributed by atoms with Crippen molar-refractivity contribution in [2.24, 2.45) is 5.73 Å². The van der Waals surface area contributed by atoms with E-state index in [2.05, 4.69) is 15.1 Å². The van der Waals surface area contributed by atoms with Gasteiger partial charge in [0.2, 0.25) is 0 Å². The van der Waals surface area contributed by atoms with Crippen LogP contribution < -0.4 is 10.5 Å². The van der Waals surface area contributed by atoms with Crippen LogP contribution in [0.4, 0.5) is 0 Å². The minimum absolute atomic E-state index is 0.376. The number of aromatic amines is 1. The molecular formula is C22H24N4O3. The van der Waals surface area contributed by atoms with Crippen LogP contribution in [0, 0.1) is 0 Å². The summed E-state index contributed by atoms with van der Waals surface area (Å²) in [6.45, 7) is 4.58. The number of H-pyrrole nitrogens is 1. The summed E-state index contributed by atoms with van der Waals surface area (Å²) in [4.78, 5) is 14.2. The SMILES string of the molecule is NC(=O)c1cc(C=Cc2n[nH]c3ccccc23)ccc1OCCN1CCOCC1. The van der Waals surface area contributed by atoms with E-state index in [0.717, 1.165) is 55.0 Å². The number of carbonyl (C=O) groups is 1. The van der Waals surface area contributed by atoms with Crippen LogP contribution in [0.25, 0.3) is 23.1 Å². The van der Waals surface area contributed by atoms with Gasteiger partial charge in [-0.2, -0.15) is 5.10 Å². The van der Waals surface area contributed by atoms with Gasteiger partial charge in [-0.15, -0.1) is 0 Å². The summed E-state index contributed by atoms with van der Waals surface area (Å²) in [6, 6.07) is 13.4. The van der Waals surface area contributed by atoms with Gasteiger partial charge in [0.25, 0.3) is 5.91 Å². The highest BCUT2D eigenvalue weighted by atomic mass is 16.5. The highest BCUT2D eigenvalue weighted by Gasteiger charge is 2.13. The van der Waals surface area contributed by atoms with Gasteiger partial charge < -0.3 is 15.2 Å². The number of hydrogen-bond donors (Lipinski definition) is 2. The zero-order valence-electron chi connectivity index (χ0n) is 16.1. The maximum atomic E-state index is 11.9. The summed E-state index contributed by atoms with van der Waals surface area (Å²) in [6.07, 6.45) is 3.82. The molecule has 0 radical (unpaired) electrons. The van der Waals surface area contributed by atoms with E-state index < -0.39 is 5.91 Å². The Bertz CT molecular complexity index is 1020. The topological polar surface area (TPSA) is 93.5 Å². The van der Waals surface area contributed by atoms with Crippen molar-refractivity contribution in [1.82, 2.24) is 15.1 Å². The largest absolute Gasteiger partial charge is 0.491 e. The molecule has 1 aromatic heterocycles. The van der Waals surface area contributed by atoms with Crippen LogP contribution in [0.1, 0.15) is 21.6 Å². The number of para-hydroxylation sites is 1. The summed E-state index contributed by atoms with van der Waals surface area (Å²) in [5.74, 6) is -0.0000274. The van der Waals surface area contributed by atoms with Gasteiger partial charge in [-0.25, -0.2) is 0 Å². The minimum Gasteiger partial charge on any atom is -0.491 e. The summed E-state index contributed by atoms with van der Waals surface area (Å²) < 4.78 is 11.2. The number of amides is 1. The number of nitrogens with two attached hydrogens (primary N) is 1. The maximum Gasteiger partial charge on any atom is 0.252 e. The van der Waals surface area contributed by atoms with E-state index in [1.807, 2.05) is 42.5 Å². The predicted molar refractivity (Wildman–Crippen MR) is 113 cm³/mol. The first-order valence-corrected chi connectivity index (χ1v) is 9.68. The van der Waals surface area contributed by atoms with Gasteiger partial charge in [0, 0.05) is 25.0 Å². The average Bonchev–Trinajstić information content (AvgIpc) is 3.16. The summed E-state index contributed by atoms with van der Waals surface area (Å²) in [5, 5.41) is 8.38. The summed E-state index contributed by atoms with van der Waals surface area (Å²) >= 11 is 0. The van der Waals surface area contributed by atoms with E-state index in [1.165, 1.54) is 0 Å². The molecular weight excluding hydrogens is 368 g/mol. The molecule has 3 aromatic rings. The zero-order valence-corrected chi connectivity index (χ0v) is 16.1. The van der Waals surface area contributed by atoms with Crippen molar-refractivity contribution in [3.63, 3.8) is 0 Å². The molecule has 2 aromatic carbocycles. The van der Waals surface area contributed by atoms with Crippen LogP contribution in [-0.2, 0) is 4.74 Å². The lowest BCUT2D eigenvalue weighted by atomic mass is 10.1. The van der Waals surface area contributed by atoms with Gasteiger partial charge in [0.05, 0.1) is 30.0 Å². The van der Waals surface area contributed by atoms with Crippen LogP contribution in [0.15, 0.2) is 42.5 Å². The summed E-state index contributed by atoms with van der Waals surface area (Å²) in [7, 11) is 0. The Kier molecular flexibility index (Phi) is 5.88. The van der Waals surface area contributed by atoms with Crippen molar-refractivity contribution in [3.05, 3.63) is 59.3 Å². The third kappa shape index (κ3) is 4.64. The number of carbonyl (C=O) groups excluding carboxylic acids is 1. The van der Waals surface area contributed by atoms with Crippen molar-refractivity contribution >= 4 is 29.0 Å². The fraction of sp³-hybridized carbons (Fsp3) is 0.273. The number of rotatable bonds is 7. The lowest BCUT2D eigenvalue weighted by Crippen LogP contribution is -2.38. The van der Waals surface area contributed by atoms with Gasteiger partial charge in [0.15, 0.2) is 0 Å². The van der Waals surface area contributed by atoms with E-state index in [4.69, 9.17) is 15.2 Å². The number of ether oxygens (including phenoxy) is 2. The first-order valence-electron chi connectivity index (χ1n) is 9.68. The number of fused-ring (bicyclic) bond motifs is 1. The van der Waals surface area contributed by atoms with E-state index >= 15 is 0 Å². The van der Waals surface area contributed by atoms with Crippen molar-refractivity contribution < 1.29 is 14.3 Å². The number of morpholine rings is 1. The number of nitrogens with zero attached hydrogens (tertiary/aromatic N) is 2. The van der Waals surface area contributed by atoms with Crippen LogP contribution >= 0.6 is 0 Å². The van der Waals surface area contributed by atoms with Gasteiger partial charge in [-0.1, -0.05) is 30.3 Å². The first-order chi connectivity index (χ1) is 14.2. The van der Waals surface area contributed by atoms with Gasteiger partial charge in [0.1, 0.15) is 12.4 Å². The molecule has 0 spiro atoms. The molecule has 150 valence electrons. The molecule has 1 saturated heterocycles. The molecule has 1 aliphatic heterocycles. The highest BCUT2D eigenvalue weighted by molar-refractivity contribution is 5.96. The van der Waals surface area contributed by atoms with Crippen molar-refractivity contribution in [2.45, 2.75) is 0 Å². The molecule has 2 heterocycles. The fourth-order valence-corrected chi connectivity index (χ4v) is 3.37. The summed E-state index contributed by atoms with van der Waals surface area (Å²) in [5.41, 5.74) is 8.63. The van der Waals surface area contributed by atoms with Crippen LogP contribution in [0.2, 0.25) is 0 Å². The first kappa shape index (κ1) is 19.2. The molecule has 4 rings (SSSR count). The Morgan fingerprint density at radius 1 is 1.21 bits per heavy atom. The number of primary amides is 1. The zero-order chi connectivity index (χ0) is 20.1. The molecule has 0 atom stereocenters. The maximum absolute atomic E-state index is 11.9. The van der Waals surface area contributed by atoms with Crippen molar-refractivity contribution in [3.8, 4) is 5.75 Å². The molecule has 7 heteroatoms. The molecule has 1 aliphatic rings. The predicted octanol–water partition coefficient (Wildman–Crippen LogP) is 2.54. The second kappa shape index (κ2) is 8.89. The minimum atomic E-state index is -0.508. The third-order valence-corrected chi connectivity index (χ3v) is 4.97. The van der Waals surface area contributed by atoms with Crippen molar-refractivity contribution in [2.75, 3.05) is 39.5 Å². The Morgan fingerprint density at radius 2 is 2.03 bits per heavy atom. The quantitative estimate of drug-likeness (QED) is 0.645. The third-order valence-electron chi connectivity index (χ3n) is 4.97. The molecule has 1 amide bonds. The Balaban J connectivity index is 1.46. The number of hydrogen-bond acceptors (Lipinski definition) is 5. The van der Waals surface area contributed by atoms with Crippen LogP contribution in [-0.4, -0.2) is 60.5 Å². The Labute approximate surface area is 169 Å². The number of aromatic nitrogens is 2. The van der Waals surface area contributed by atoms with E-state index in [0.29, 0.717) is 17.9 Å². The molecule has 0 bridgehead atoms. The van der Waals surface area contributed by atoms with E-state index in [-0.39, 0.29) is 0 Å². The van der Waals surface area contributed by atoms with E-state index in [9.17, 15) is 4.79 Å². The molecule has 29 heavy (non-hydrogen) atoms. The number of benzene rings is 2. The Morgan fingerprint density at radius 3 is 2.86 bits per heavy atom. The highest BCUT2D eigenvalue weighted by Crippen LogP contribution is 2.22. The molecule has 3 N–H and O–H groups in total. The second-order valence-corrected chi connectivity index (χ2v) is 6.91. The molecule has 7 nitrogen and oxygen atoms in total. The molecule has 0 aliphatic carbocycles. The smallest absolute Gasteiger partial charge is 0.252 e. The average molecular weight is 392 g/mol. The standard InChI is InChI=1S/C22H24N4O3/c23-22(27)18-15-16(5-7-20-17-3-1-2-4-19(17)24-25-20)6-8-21(18)29-14-11-26-9-12-28-13-10-26/h1-8,15H,9-14H2,(H2,23,27)(H,24,25). The Hall–Kier alpha value is -3.16. The van der Waals surface area contributed by atoms with Gasteiger partial charge in [-0.3, -0.25) is 14.8 Å². The van der Waals surface area contributed by atoms with Gasteiger partial charge >= 0.3 is 0 Å². The van der Waals surface area contributed by atoms with Gasteiger partial charge in [-0.05, 0) is 29.8 Å².